The standard InChI is InChI=1S/C23H27ClN6O2/c1-2-3-9-20-25-19(14-31)21(24)30(20)16-23(22-26-28-29-27-22)12-10-18(11-13-23)32-15-17-7-5-4-6-8-17/h4-8,10-12,31H,2-3,9,13-16H2,1H3,(H,26,27,28,29). The third-order valence-electron chi connectivity index (χ3n) is 5.67. The van der Waals surface area contributed by atoms with E-state index in [1.807, 2.05) is 47.1 Å². The second-order valence-electron chi connectivity index (χ2n) is 7.92. The van der Waals surface area contributed by atoms with Gasteiger partial charge in [0, 0.05) is 13.0 Å². The number of halogens is 1. The minimum absolute atomic E-state index is 0.201. The zero-order chi connectivity index (χ0) is 22.4. The van der Waals surface area contributed by atoms with E-state index in [-0.39, 0.29) is 6.61 Å². The summed E-state index contributed by atoms with van der Waals surface area (Å²) in [7, 11) is 0. The number of tetrazole rings is 1. The Morgan fingerprint density at radius 1 is 1.28 bits per heavy atom. The maximum absolute atomic E-state index is 9.68. The second kappa shape index (κ2) is 10.1. The maximum atomic E-state index is 9.68. The number of aliphatic hydroxyl groups is 1. The summed E-state index contributed by atoms with van der Waals surface area (Å²) < 4.78 is 7.95. The summed E-state index contributed by atoms with van der Waals surface area (Å²) in [6, 6.07) is 10.1. The van der Waals surface area contributed by atoms with Gasteiger partial charge in [0.15, 0.2) is 5.82 Å². The molecular formula is C23H27ClN6O2. The number of ether oxygens (including phenoxy) is 1. The molecule has 0 radical (unpaired) electrons. The van der Waals surface area contributed by atoms with Crippen LogP contribution in [0.5, 0.6) is 0 Å². The van der Waals surface area contributed by atoms with E-state index in [1.165, 1.54) is 0 Å². The number of nitrogens with one attached hydrogen (secondary N) is 1. The molecule has 32 heavy (non-hydrogen) atoms. The second-order valence-corrected chi connectivity index (χ2v) is 8.28. The van der Waals surface area contributed by atoms with E-state index in [9.17, 15) is 5.11 Å². The van der Waals surface area contributed by atoms with E-state index < -0.39 is 5.41 Å². The van der Waals surface area contributed by atoms with E-state index in [4.69, 9.17) is 16.3 Å². The van der Waals surface area contributed by atoms with Crippen molar-refractivity contribution in [3.8, 4) is 0 Å². The molecule has 0 saturated heterocycles. The number of aromatic nitrogens is 6. The van der Waals surface area contributed by atoms with Crippen molar-refractivity contribution in [1.82, 2.24) is 30.2 Å². The number of H-pyrrole nitrogens is 1. The van der Waals surface area contributed by atoms with Crippen LogP contribution in [0, 0.1) is 0 Å². The molecule has 9 heteroatoms. The van der Waals surface area contributed by atoms with Gasteiger partial charge in [-0.3, -0.25) is 0 Å². The first-order valence-corrected chi connectivity index (χ1v) is 11.2. The van der Waals surface area contributed by atoms with Gasteiger partial charge in [-0.15, -0.1) is 10.2 Å². The Morgan fingerprint density at radius 2 is 2.12 bits per heavy atom. The summed E-state index contributed by atoms with van der Waals surface area (Å²) in [5.74, 6) is 2.23. The molecule has 0 aliphatic heterocycles. The highest BCUT2D eigenvalue weighted by Crippen LogP contribution is 2.36. The minimum Gasteiger partial charge on any atom is -0.489 e. The molecule has 1 aliphatic rings. The number of imidazole rings is 1. The number of aromatic amines is 1. The Kier molecular flexibility index (Phi) is 7.02. The Balaban J connectivity index is 1.58. The third kappa shape index (κ3) is 4.76. The lowest BCUT2D eigenvalue weighted by Crippen LogP contribution is -2.33. The van der Waals surface area contributed by atoms with Crippen LogP contribution in [0.1, 0.15) is 49.1 Å². The molecule has 168 valence electrons. The van der Waals surface area contributed by atoms with Crippen LogP contribution in [0.4, 0.5) is 0 Å². The lowest BCUT2D eigenvalue weighted by molar-refractivity contribution is 0.206. The molecule has 8 nitrogen and oxygen atoms in total. The highest BCUT2D eigenvalue weighted by molar-refractivity contribution is 6.30. The molecule has 1 aliphatic carbocycles. The smallest absolute Gasteiger partial charge is 0.186 e. The zero-order valence-corrected chi connectivity index (χ0v) is 18.8. The summed E-state index contributed by atoms with van der Waals surface area (Å²) in [4.78, 5) is 4.57. The number of hydrogen-bond acceptors (Lipinski definition) is 6. The number of allylic oxidation sites excluding steroid dienone is 3. The normalized spacial score (nSPS) is 18.0. The number of aliphatic hydroxyl groups excluding tert-OH is 1. The van der Waals surface area contributed by atoms with Crippen LogP contribution in [0.15, 0.2) is 54.3 Å². The van der Waals surface area contributed by atoms with Crippen LogP contribution >= 0.6 is 11.6 Å². The molecule has 0 saturated carbocycles. The molecule has 0 fully saturated rings. The average molecular weight is 455 g/mol. The highest BCUT2D eigenvalue weighted by Gasteiger charge is 2.37. The van der Waals surface area contributed by atoms with Crippen molar-refractivity contribution in [3.63, 3.8) is 0 Å². The first-order chi connectivity index (χ1) is 15.6. The molecule has 3 aromatic rings. The van der Waals surface area contributed by atoms with Gasteiger partial charge in [0.25, 0.3) is 0 Å². The minimum atomic E-state index is -0.565. The zero-order valence-electron chi connectivity index (χ0n) is 18.0. The molecule has 4 rings (SSSR count). The number of nitrogens with zero attached hydrogens (tertiary/aromatic N) is 5. The largest absolute Gasteiger partial charge is 0.489 e. The summed E-state index contributed by atoms with van der Waals surface area (Å²) in [6.07, 6.45) is 9.47. The van der Waals surface area contributed by atoms with Crippen LogP contribution in [-0.4, -0.2) is 35.3 Å². The molecular weight excluding hydrogens is 428 g/mol. The average Bonchev–Trinajstić information content (AvgIpc) is 3.47. The molecule has 0 bridgehead atoms. The summed E-state index contributed by atoms with van der Waals surface area (Å²) >= 11 is 6.61. The lowest BCUT2D eigenvalue weighted by atomic mass is 9.80. The van der Waals surface area contributed by atoms with Crippen molar-refractivity contribution >= 4 is 11.6 Å². The Bertz CT molecular complexity index is 1080. The van der Waals surface area contributed by atoms with Crippen molar-refractivity contribution in [2.75, 3.05) is 0 Å². The summed E-state index contributed by atoms with van der Waals surface area (Å²) in [5.41, 5.74) is 1.03. The predicted octanol–water partition coefficient (Wildman–Crippen LogP) is 3.88. The fourth-order valence-corrected chi connectivity index (χ4v) is 4.09. The number of unbranched alkanes of at least 4 members (excludes halogenated alkanes) is 1. The molecule has 0 amide bonds. The van der Waals surface area contributed by atoms with Gasteiger partial charge < -0.3 is 14.4 Å². The monoisotopic (exact) mass is 454 g/mol. The van der Waals surface area contributed by atoms with E-state index in [1.54, 1.807) is 0 Å². The Labute approximate surface area is 192 Å². The number of aryl methyl sites for hydroxylation is 1. The van der Waals surface area contributed by atoms with E-state index in [2.05, 4.69) is 38.6 Å². The first kappa shape index (κ1) is 22.2. The van der Waals surface area contributed by atoms with Crippen molar-refractivity contribution in [2.45, 2.75) is 57.8 Å². The van der Waals surface area contributed by atoms with Crippen LogP contribution in [0.25, 0.3) is 0 Å². The van der Waals surface area contributed by atoms with Crippen LogP contribution in [0.2, 0.25) is 5.15 Å². The number of hydrogen-bond donors (Lipinski definition) is 2. The Morgan fingerprint density at radius 3 is 2.78 bits per heavy atom. The van der Waals surface area contributed by atoms with Gasteiger partial charge in [-0.05, 0) is 30.6 Å². The van der Waals surface area contributed by atoms with Gasteiger partial charge in [0.05, 0.1) is 12.0 Å². The van der Waals surface area contributed by atoms with Gasteiger partial charge in [-0.2, -0.15) is 5.21 Å². The van der Waals surface area contributed by atoms with Crippen LogP contribution < -0.4 is 0 Å². The van der Waals surface area contributed by atoms with Gasteiger partial charge >= 0.3 is 0 Å². The number of benzene rings is 1. The fourth-order valence-electron chi connectivity index (χ4n) is 3.84. The lowest BCUT2D eigenvalue weighted by Gasteiger charge is -2.30. The van der Waals surface area contributed by atoms with E-state index in [0.717, 1.165) is 36.4 Å². The van der Waals surface area contributed by atoms with Crippen molar-refractivity contribution in [2.24, 2.45) is 0 Å². The van der Waals surface area contributed by atoms with Crippen LogP contribution in [-0.2, 0) is 36.3 Å². The predicted molar refractivity (Wildman–Crippen MR) is 121 cm³/mol. The molecule has 2 heterocycles. The molecule has 0 spiro atoms. The van der Waals surface area contributed by atoms with Crippen molar-refractivity contribution in [1.29, 1.82) is 0 Å². The SMILES string of the molecule is CCCCc1nc(CO)c(Cl)n1CC1(c2nn[nH]n2)C=CC(OCc2ccccc2)=CC1. The fraction of sp³-hybridized carbons (Fsp3) is 0.391. The van der Waals surface area contributed by atoms with Gasteiger partial charge in [-0.1, -0.05) is 66.6 Å². The van der Waals surface area contributed by atoms with Gasteiger partial charge in [0.2, 0.25) is 0 Å². The third-order valence-corrected chi connectivity index (χ3v) is 6.09. The Hall–Kier alpha value is -2.97. The quantitative estimate of drug-likeness (QED) is 0.482. The summed E-state index contributed by atoms with van der Waals surface area (Å²) in [6.45, 7) is 2.92. The summed E-state index contributed by atoms with van der Waals surface area (Å²) in [5, 5.41) is 25.0. The maximum Gasteiger partial charge on any atom is 0.186 e. The molecule has 1 aromatic carbocycles. The van der Waals surface area contributed by atoms with E-state index >= 15 is 0 Å². The van der Waals surface area contributed by atoms with Crippen molar-refractivity contribution in [3.05, 3.63) is 82.4 Å². The molecule has 2 aromatic heterocycles. The number of rotatable bonds is 10. The topological polar surface area (TPSA) is 102 Å². The first-order valence-electron chi connectivity index (χ1n) is 10.8. The van der Waals surface area contributed by atoms with E-state index in [0.29, 0.717) is 36.2 Å². The van der Waals surface area contributed by atoms with Gasteiger partial charge in [-0.25, -0.2) is 4.98 Å². The molecule has 1 unspecified atom stereocenters. The van der Waals surface area contributed by atoms with Crippen LogP contribution in [0.3, 0.4) is 0 Å². The van der Waals surface area contributed by atoms with Gasteiger partial charge in [0.1, 0.15) is 29.0 Å². The molecule has 2 N–H and O–H groups in total. The highest BCUT2D eigenvalue weighted by atomic mass is 35.5. The molecule has 1 atom stereocenters. The van der Waals surface area contributed by atoms with Crippen molar-refractivity contribution < 1.29 is 9.84 Å².